The number of alkyl halides is 3. The van der Waals surface area contributed by atoms with E-state index in [1.807, 2.05) is 6.07 Å². The van der Waals surface area contributed by atoms with Gasteiger partial charge in [0.05, 0.1) is 12.7 Å². The number of aromatic nitrogens is 2. The Hall–Kier alpha value is -2.54. The van der Waals surface area contributed by atoms with E-state index in [0.717, 1.165) is 11.5 Å². The molecule has 0 aliphatic carbocycles. The monoisotopic (exact) mass is 395 g/mol. The van der Waals surface area contributed by atoms with E-state index in [1.165, 1.54) is 18.5 Å². The Morgan fingerprint density at radius 2 is 1.96 bits per heavy atom. The average Bonchev–Trinajstić information content (AvgIpc) is 2.62. The lowest BCUT2D eigenvalue weighted by Crippen LogP contribution is -2.21. The van der Waals surface area contributed by atoms with Crippen molar-refractivity contribution in [3.05, 3.63) is 58.9 Å². The molecule has 0 spiro atoms. The van der Waals surface area contributed by atoms with Gasteiger partial charge < -0.3 is 10.1 Å². The zero-order chi connectivity index (χ0) is 19.6. The standard InChI is InChI=1S/C19H17ClF3N3O/c1-11(8-12-6-7-13(20)9-15(12)19(21,22)23)26-18-14-4-3-5-16(27-2)17(14)24-10-25-18/h3-7,9-11H,8H2,1-2H3,(H,24,25,26). The summed E-state index contributed by atoms with van der Waals surface area (Å²) in [6.45, 7) is 1.79. The van der Waals surface area contributed by atoms with Crippen LogP contribution in [0.15, 0.2) is 42.7 Å². The summed E-state index contributed by atoms with van der Waals surface area (Å²) in [5.74, 6) is 1.14. The van der Waals surface area contributed by atoms with Crippen LogP contribution in [-0.4, -0.2) is 23.1 Å². The van der Waals surface area contributed by atoms with Crippen LogP contribution < -0.4 is 10.1 Å². The van der Waals surface area contributed by atoms with Crippen LogP contribution in [0.5, 0.6) is 5.75 Å². The van der Waals surface area contributed by atoms with Crippen molar-refractivity contribution in [1.82, 2.24) is 9.97 Å². The van der Waals surface area contributed by atoms with Crippen molar-refractivity contribution in [3.63, 3.8) is 0 Å². The highest BCUT2D eigenvalue weighted by molar-refractivity contribution is 6.30. The van der Waals surface area contributed by atoms with Crippen LogP contribution in [0.2, 0.25) is 5.02 Å². The largest absolute Gasteiger partial charge is 0.494 e. The van der Waals surface area contributed by atoms with Crippen LogP contribution in [-0.2, 0) is 12.6 Å². The highest BCUT2D eigenvalue weighted by Crippen LogP contribution is 2.34. The number of ether oxygens (including phenoxy) is 1. The highest BCUT2D eigenvalue weighted by atomic mass is 35.5. The van der Waals surface area contributed by atoms with Crippen molar-refractivity contribution in [2.45, 2.75) is 25.6 Å². The van der Waals surface area contributed by atoms with Crippen molar-refractivity contribution >= 4 is 28.3 Å². The van der Waals surface area contributed by atoms with Crippen LogP contribution in [0.1, 0.15) is 18.1 Å². The van der Waals surface area contributed by atoms with Gasteiger partial charge in [-0.2, -0.15) is 13.2 Å². The Morgan fingerprint density at radius 1 is 1.19 bits per heavy atom. The number of methoxy groups -OCH3 is 1. The van der Waals surface area contributed by atoms with Crippen LogP contribution in [0.25, 0.3) is 10.9 Å². The predicted molar refractivity (Wildman–Crippen MR) is 99.3 cm³/mol. The van der Waals surface area contributed by atoms with Gasteiger partial charge in [0.2, 0.25) is 0 Å². The van der Waals surface area contributed by atoms with E-state index in [-0.39, 0.29) is 23.0 Å². The summed E-state index contributed by atoms with van der Waals surface area (Å²) < 4.78 is 45.1. The molecule has 1 N–H and O–H groups in total. The quantitative estimate of drug-likeness (QED) is 0.632. The number of fused-ring (bicyclic) bond motifs is 1. The number of para-hydroxylation sites is 1. The fourth-order valence-corrected chi connectivity index (χ4v) is 3.12. The van der Waals surface area contributed by atoms with Crippen molar-refractivity contribution in [3.8, 4) is 5.75 Å². The minimum Gasteiger partial charge on any atom is -0.494 e. The molecule has 27 heavy (non-hydrogen) atoms. The van der Waals surface area contributed by atoms with Crippen molar-refractivity contribution in [2.75, 3.05) is 12.4 Å². The number of nitrogens with one attached hydrogen (secondary N) is 1. The van der Waals surface area contributed by atoms with E-state index >= 15 is 0 Å². The van der Waals surface area contributed by atoms with Gasteiger partial charge in [0.1, 0.15) is 23.4 Å². The van der Waals surface area contributed by atoms with Gasteiger partial charge in [0.15, 0.2) is 0 Å². The van der Waals surface area contributed by atoms with Crippen LogP contribution in [0.3, 0.4) is 0 Å². The van der Waals surface area contributed by atoms with Gasteiger partial charge >= 0.3 is 6.18 Å². The summed E-state index contributed by atoms with van der Waals surface area (Å²) in [5, 5.41) is 3.96. The number of benzene rings is 2. The second kappa shape index (κ2) is 7.60. The molecule has 0 saturated heterocycles. The fraction of sp³-hybridized carbons (Fsp3) is 0.263. The molecule has 2 aromatic carbocycles. The third kappa shape index (κ3) is 4.24. The van der Waals surface area contributed by atoms with Crippen LogP contribution >= 0.6 is 11.6 Å². The smallest absolute Gasteiger partial charge is 0.416 e. The number of nitrogens with zero attached hydrogens (tertiary/aromatic N) is 2. The molecule has 1 heterocycles. The number of halogens is 4. The Bertz CT molecular complexity index is 963. The molecule has 1 aromatic heterocycles. The molecule has 0 radical (unpaired) electrons. The zero-order valence-corrected chi connectivity index (χ0v) is 15.4. The van der Waals surface area contributed by atoms with Crippen molar-refractivity contribution in [1.29, 1.82) is 0 Å². The molecule has 3 aromatic rings. The summed E-state index contributed by atoms with van der Waals surface area (Å²) in [4.78, 5) is 8.45. The molecule has 0 fully saturated rings. The number of hydrogen-bond donors (Lipinski definition) is 1. The van der Waals surface area contributed by atoms with Gasteiger partial charge in [-0.05, 0) is 43.2 Å². The topological polar surface area (TPSA) is 47.0 Å². The van der Waals surface area contributed by atoms with E-state index < -0.39 is 11.7 Å². The Labute approximate surface area is 159 Å². The van der Waals surface area contributed by atoms with E-state index in [0.29, 0.717) is 17.1 Å². The third-order valence-electron chi connectivity index (χ3n) is 4.13. The SMILES string of the molecule is COc1cccc2c(NC(C)Cc3ccc(Cl)cc3C(F)(F)F)ncnc12. The molecular weight excluding hydrogens is 379 g/mol. The summed E-state index contributed by atoms with van der Waals surface area (Å²) in [6.07, 6.45) is -2.92. The molecule has 8 heteroatoms. The first kappa shape index (κ1) is 19.2. The lowest BCUT2D eigenvalue weighted by Gasteiger charge is -2.19. The van der Waals surface area contributed by atoms with Crippen molar-refractivity contribution in [2.24, 2.45) is 0 Å². The molecule has 4 nitrogen and oxygen atoms in total. The summed E-state index contributed by atoms with van der Waals surface area (Å²) in [5.41, 5.74) is 0.0767. The maximum absolute atomic E-state index is 13.3. The summed E-state index contributed by atoms with van der Waals surface area (Å²) >= 11 is 5.74. The predicted octanol–water partition coefficient (Wildman–Crippen LogP) is 5.35. The number of hydrogen-bond acceptors (Lipinski definition) is 4. The Kier molecular flexibility index (Phi) is 5.41. The van der Waals surface area contributed by atoms with Crippen molar-refractivity contribution < 1.29 is 17.9 Å². The highest BCUT2D eigenvalue weighted by Gasteiger charge is 2.33. The molecule has 0 amide bonds. The second-order valence-electron chi connectivity index (χ2n) is 6.13. The molecule has 0 aliphatic heterocycles. The van der Waals surface area contributed by atoms with E-state index in [9.17, 15) is 13.2 Å². The first-order valence-electron chi connectivity index (χ1n) is 8.19. The van der Waals surface area contributed by atoms with E-state index in [4.69, 9.17) is 16.3 Å². The average molecular weight is 396 g/mol. The fourth-order valence-electron chi connectivity index (χ4n) is 2.95. The Balaban J connectivity index is 1.88. The maximum atomic E-state index is 13.3. The van der Waals surface area contributed by atoms with Gasteiger partial charge in [0.25, 0.3) is 0 Å². The van der Waals surface area contributed by atoms with E-state index in [1.54, 1.807) is 26.2 Å². The van der Waals surface area contributed by atoms with Crippen LogP contribution in [0.4, 0.5) is 19.0 Å². The second-order valence-corrected chi connectivity index (χ2v) is 6.56. The minimum atomic E-state index is -4.46. The normalized spacial score (nSPS) is 12.8. The molecule has 3 rings (SSSR count). The van der Waals surface area contributed by atoms with Gasteiger partial charge in [-0.3, -0.25) is 0 Å². The summed E-state index contributed by atoms with van der Waals surface area (Å²) in [7, 11) is 1.55. The molecule has 1 unspecified atom stereocenters. The molecular formula is C19H17ClF3N3O. The molecule has 1 atom stereocenters. The first-order valence-corrected chi connectivity index (χ1v) is 8.57. The third-order valence-corrected chi connectivity index (χ3v) is 4.37. The zero-order valence-electron chi connectivity index (χ0n) is 14.6. The van der Waals surface area contributed by atoms with E-state index in [2.05, 4.69) is 15.3 Å². The minimum absolute atomic E-state index is 0.0561. The van der Waals surface area contributed by atoms with Crippen LogP contribution in [0, 0.1) is 0 Å². The van der Waals surface area contributed by atoms with Gasteiger partial charge in [0, 0.05) is 16.5 Å². The van der Waals surface area contributed by atoms with Gasteiger partial charge in [-0.1, -0.05) is 23.7 Å². The number of anilines is 1. The molecule has 0 saturated carbocycles. The summed E-state index contributed by atoms with van der Waals surface area (Å²) in [6, 6.07) is 8.93. The van der Waals surface area contributed by atoms with Gasteiger partial charge in [-0.15, -0.1) is 0 Å². The maximum Gasteiger partial charge on any atom is 0.416 e. The lowest BCUT2D eigenvalue weighted by molar-refractivity contribution is -0.138. The number of rotatable bonds is 5. The van der Waals surface area contributed by atoms with Gasteiger partial charge in [-0.25, -0.2) is 9.97 Å². The molecule has 0 aliphatic rings. The Morgan fingerprint density at radius 3 is 2.67 bits per heavy atom. The first-order chi connectivity index (χ1) is 12.8. The lowest BCUT2D eigenvalue weighted by atomic mass is 10.0. The molecule has 0 bridgehead atoms. The molecule has 142 valence electrons.